The molecule has 6 rings (SSSR count). The number of rotatable bonds is 6. The van der Waals surface area contributed by atoms with Crippen molar-refractivity contribution in [3.8, 4) is 17.3 Å². The average molecular weight is 557 g/mol. The molecule has 10 nitrogen and oxygen atoms in total. The first-order chi connectivity index (χ1) is 19.9. The number of benzene rings is 2. The molecule has 1 aliphatic carbocycles. The summed E-state index contributed by atoms with van der Waals surface area (Å²) in [6, 6.07) is 11.7. The normalized spacial score (nSPS) is 15.5. The van der Waals surface area contributed by atoms with Crippen LogP contribution in [-0.2, 0) is 13.0 Å². The zero-order valence-electron chi connectivity index (χ0n) is 22.5. The number of carbonyl (C=O) groups is 1. The highest BCUT2D eigenvalue weighted by molar-refractivity contribution is 6.03. The number of nitrogens with one attached hydrogen (secondary N) is 1. The van der Waals surface area contributed by atoms with E-state index in [0.717, 1.165) is 61.0 Å². The summed E-state index contributed by atoms with van der Waals surface area (Å²) in [6.45, 7) is 1.62. The van der Waals surface area contributed by atoms with E-state index >= 15 is 0 Å². The molecule has 1 amide bonds. The number of amides is 1. The third-order valence-electron chi connectivity index (χ3n) is 7.65. The monoisotopic (exact) mass is 556 g/mol. The van der Waals surface area contributed by atoms with Crippen molar-refractivity contribution >= 4 is 11.6 Å². The van der Waals surface area contributed by atoms with Crippen LogP contribution in [0, 0.1) is 5.82 Å². The van der Waals surface area contributed by atoms with Gasteiger partial charge in [-0.2, -0.15) is 0 Å². The van der Waals surface area contributed by atoms with Gasteiger partial charge in [0.05, 0.1) is 11.4 Å². The summed E-state index contributed by atoms with van der Waals surface area (Å²) in [7, 11) is 2.04. The van der Waals surface area contributed by atoms with Crippen molar-refractivity contribution in [3.63, 3.8) is 0 Å². The summed E-state index contributed by atoms with van der Waals surface area (Å²) in [6.07, 6.45) is 7.09. The van der Waals surface area contributed by atoms with Gasteiger partial charge in [0.15, 0.2) is 0 Å². The fourth-order valence-electron chi connectivity index (χ4n) is 5.45. The molecule has 1 fully saturated rings. The van der Waals surface area contributed by atoms with Gasteiger partial charge in [-0.25, -0.2) is 23.7 Å². The van der Waals surface area contributed by atoms with Crippen molar-refractivity contribution in [3.05, 3.63) is 105 Å². The van der Waals surface area contributed by atoms with Gasteiger partial charge in [0, 0.05) is 36.6 Å². The molecule has 210 valence electrons. The summed E-state index contributed by atoms with van der Waals surface area (Å²) in [4.78, 5) is 51.0. The molecule has 0 radical (unpaired) electrons. The highest BCUT2D eigenvalue weighted by Crippen LogP contribution is 2.30. The molecule has 3 heterocycles. The Labute approximate surface area is 235 Å². The first-order valence-corrected chi connectivity index (χ1v) is 13.6. The number of nitrogens with zero attached hydrogens (tertiary/aromatic N) is 5. The van der Waals surface area contributed by atoms with E-state index in [0.29, 0.717) is 17.3 Å². The summed E-state index contributed by atoms with van der Waals surface area (Å²) < 4.78 is 22.0. The molecule has 41 heavy (non-hydrogen) atoms. The fraction of sp³-hybridized carbons (Fsp3) is 0.300. The molecule has 0 atom stereocenters. The molecule has 2 aromatic carbocycles. The Morgan fingerprint density at radius 3 is 2.49 bits per heavy atom. The number of carbonyl (C=O) groups excluding carboxylic acids is 1. The van der Waals surface area contributed by atoms with E-state index in [4.69, 9.17) is 4.74 Å². The lowest BCUT2D eigenvalue weighted by Crippen LogP contribution is -2.43. The first kappa shape index (κ1) is 26.6. The second-order valence-electron chi connectivity index (χ2n) is 10.5. The minimum atomic E-state index is -0.771. The maximum atomic E-state index is 13.6. The maximum Gasteiger partial charge on any atom is 0.335 e. The van der Waals surface area contributed by atoms with Gasteiger partial charge in [0.25, 0.3) is 11.5 Å². The van der Waals surface area contributed by atoms with Crippen LogP contribution in [0.5, 0.6) is 11.6 Å². The quantitative estimate of drug-likeness (QED) is 0.381. The Bertz CT molecular complexity index is 1710. The third-order valence-corrected chi connectivity index (χ3v) is 7.65. The lowest BCUT2D eigenvalue weighted by Gasteiger charge is -2.24. The number of ether oxygens (including phenoxy) is 1. The number of likely N-dealkylation sites (N-methyl/N-ethyl adjacent to an activating group) is 1. The van der Waals surface area contributed by atoms with Crippen LogP contribution >= 0.6 is 0 Å². The van der Waals surface area contributed by atoms with Crippen LogP contribution in [0.15, 0.2) is 70.6 Å². The molecule has 2 aliphatic rings. The van der Waals surface area contributed by atoms with Gasteiger partial charge in [-0.1, -0.05) is 12.8 Å². The predicted octanol–water partition coefficient (Wildman–Crippen LogP) is 4.08. The number of aromatic nitrogens is 4. The average Bonchev–Trinajstić information content (AvgIpc) is 3.50. The van der Waals surface area contributed by atoms with Gasteiger partial charge in [-0.3, -0.25) is 14.2 Å². The second-order valence-corrected chi connectivity index (χ2v) is 10.5. The molecule has 0 spiro atoms. The van der Waals surface area contributed by atoms with Gasteiger partial charge < -0.3 is 15.0 Å². The van der Waals surface area contributed by atoms with Crippen molar-refractivity contribution < 1.29 is 13.9 Å². The van der Waals surface area contributed by atoms with Gasteiger partial charge in [-0.15, -0.1) is 0 Å². The van der Waals surface area contributed by atoms with Gasteiger partial charge in [0.2, 0.25) is 5.88 Å². The first-order valence-electron chi connectivity index (χ1n) is 13.6. The van der Waals surface area contributed by atoms with Crippen molar-refractivity contribution in [1.29, 1.82) is 0 Å². The lowest BCUT2D eigenvalue weighted by atomic mass is 10.1. The Hall–Kier alpha value is -4.64. The summed E-state index contributed by atoms with van der Waals surface area (Å²) >= 11 is 0. The van der Waals surface area contributed by atoms with E-state index in [1.54, 1.807) is 24.3 Å². The van der Waals surface area contributed by atoms with Gasteiger partial charge in [0.1, 0.15) is 23.5 Å². The lowest BCUT2D eigenvalue weighted by molar-refractivity contribution is 0.102. The second kappa shape index (κ2) is 11.1. The zero-order chi connectivity index (χ0) is 28.5. The van der Waals surface area contributed by atoms with Crippen LogP contribution in [0.25, 0.3) is 5.69 Å². The zero-order valence-corrected chi connectivity index (χ0v) is 22.5. The van der Waals surface area contributed by atoms with Crippen molar-refractivity contribution in [2.24, 2.45) is 0 Å². The SMILES string of the molecule is CN1CCc2c(ncnc2Oc2ccc(NC(=O)c3cn(C4CCCC4)c(=O)n(-c4ccc(F)cc4)c3=O)cc2)C1. The topological polar surface area (TPSA) is 111 Å². The Balaban J connectivity index is 1.26. The number of hydrogen-bond donors (Lipinski definition) is 1. The van der Waals surface area contributed by atoms with E-state index in [1.807, 2.05) is 7.05 Å². The Morgan fingerprint density at radius 2 is 1.76 bits per heavy atom. The number of halogens is 1. The van der Waals surface area contributed by atoms with E-state index in [-0.39, 0.29) is 17.3 Å². The van der Waals surface area contributed by atoms with Crippen molar-refractivity contribution in [2.75, 3.05) is 18.9 Å². The molecule has 1 N–H and O–H groups in total. The highest BCUT2D eigenvalue weighted by atomic mass is 19.1. The van der Waals surface area contributed by atoms with Gasteiger partial charge >= 0.3 is 5.69 Å². The van der Waals surface area contributed by atoms with Crippen LogP contribution in [0.1, 0.15) is 53.3 Å². The highest BCUT2D eigenvalue weighted by Gasteiger charge is 2.25. The molecule has 4 aromatic rings. The van der Waals surface area contributed by atoms with Crippen LogP contribution in [-0.4, -0.2) is 43.5 Å². The number of fused-ring (bicyclic) bond motifs is 1. The minimum Gasteiger partial charge on any atom is -0.439 e. The van der Waals surface area contributed by atoms with E-state index < -0.39 is 23.0 Å². The smallest absolute Gasteiger partial charge is 0.335 e. The van der Waals surface area contributed by atoms with Crippen molar-refractivity contribution in [1.82, 2.24) is 24.0 Å². The molecule has 0 bridgehead atoms. The van der Waals surface area contributed by atoms with Gasteiger partial charge in [-0.05, 0) is 74.8 Å². The maximum absolute atomic E-state index is 13.6. The molecule has 0 unspecified atom stereocenters. The van der Waals surface area contributed by atoms with Crippen molar-refractivity contribution in [2.45, 2.75) is 44.7 Å². The summed E-state index contributed by atoms with van der Waals surface area (Å²) in [5, 5.41) is 2.76. The molecule has 0 saturated heterocycles. The molecule has 11 heteroatoms. The largest absolute Gasteiger partial charge is 0.439 e. The van der Waals surface area contributed by atoms with E-state index in [1.165, 1.54) is 41.4 Å². The van der Waals surface area contributed by atoms with Crippen LogP contribution in [0.2, 0.25) is 0 Å². The summed E-state index contributed by atoms with van der Waals surface area (Å²) in [5.74, 6) is -0.0987. The molecular weight excluding hydrogens is 527 g/mol. The van der Waals surface area contributed by atoms with Crippen LogP contribution in [0.3, 0.4) is 0 Å². The Morgan fingerprint density at radius 1 is 1.02 bits per heavy atom. The number of hydrogen-bond acceptors (Lipinski definition) is 7. The van der Waals surface area contributed by atoms with E-state index in [2.05, 4.69) is 20.2 Å². The fourth-order valence-corrected chi connectivity index (χ4v) is 5.45. The molecule has 1 aliphatic heterocycles. The molecule has 2 aromatic heterocycles. The third kappa shape index (κ3) is 5.40. The van der Waals surface area contributed by atoms with Crippen LogP contribution in [0.4, 0.5) is 10.1 Å². The standard InChI is InChI=1S/C30H29FN6O4/c1-35-15-14-24-26(17-35)32-18-33-28(24)41-23-12-8-20(9-13-23)34-27(38)25-16-36(21-4-2-3-5-21)30(40)37(29(25)39)22-10-6-19(31)7-11-22/h6-13,16,18,21H,2-5,14-15,17H2,1H3,(H,34,38). The Kier molecular flexibility index (Phi) is 7.19. The summed E-state index contributed by atoms with van der Waals surface area (Å²) in [5.41, 5.74) is 1.06. The number of anilines is 1. The molecule has 1 saturated carbocycles. The van der Waals surface area contributed by atoms with E-state index in [9.17, 15) is 18.8 Å². The predicted molar refractivity (Wildman–Crippen MR) is 150 cm³/mol. The van der Waals surface area contributed by atoms with Crippen LogP contribution < -0.4 is 21.3 Å². The minimum absolute atomic E-state index is 0.120. The molecular formula is C30H29FN6O4.